The van der Waals surface area contributed by atoms with E-state index in [0.717, 1.165) is 16.7 Å². The van der Waals surface area contributed by atoms with Crippen LogP contribution in [0.3, 0.4) is 0 Å². The van der Waals surface area contributed by atoms with Gasteiger partial charge in [0, 0.05) is 6.04 Å². The molecular formula is C25H29ClN2O4S. The van der Waals surface area contributed by atoms with Crippen LogP contribution in [0.2, 0.25) is 0 Å². The van der Waals surface area contributed by atoms with Crippen molar-refractivity contribution in [1.29, 1.82) is 0 Å². The highest BCUT2D eigenvalue weighted by atomic mass is 35.5. The lowest BCUT2D eigenvalue weighted by molar-refractivity contribution is 0.133. The molecule has 6 nitrogen and oxygen atoms in total. The molecule has 2 atom stereocenters. The SMILES string of the molecule is CS(=O)(=O)N(Cc1ccccc1)c1c(OCc2ccccc2)ccc2c1CCC(N)C2O.Cl. The summed E-state index contributed by atoms with van der Waals surface area (Å²) in [6, 6.07) is 22.3. The van der Waals surface area contributed by atoms with Crippen molar-refractivity contribution in [1.82, 2.24) is 0 Å². The number of nitrogens with zero attached hydrogens (tertiary/aromatic N) is 1. The van der Waals surface area contributed by atoms with Crippen LogP contribution in [0.4, 0.5) is 5.69 Å². The van der Waals surface area contributed by atoms with Crippen LogP contribution >= 0.6 is 12.4 Å². The minimum absolute atomic E-state index is 0. The minimum Gasteiger partial charge on any atom is -0.487 e. The summed E-state index contributed by atoms with van der Waals surface area (Å²) in [7, 11) is -3.65. The van der Waals surface area contributed by atoms with Crippen LogP contribution in [-0.4, -0.2) is 25.8 Å². The number of nitrogens with two attached hydrogens (primary N) is 1. The number of fused-ring (bicyclic) bond motifs is 1. The molecule has 0 bridgehead atoms. The first-order valence-corrected chi connectivity index (χ1v) is 12.5. The second-order valence-electron chi connectivity index (χ2n) is 8.16. The van der Waals surface area contributed by atoms with E-state index in [-0.39, 0.29) is 25.0 Å². The zero-order chi connectivity index (χ0) is 22.7. The van der Waals surface area contributed by atoms with Crippen LogP contribution in [-0.2, 0) is 29.6 Å². The normalized spacial score (nSPS) is 17.5. The number of ether oxygens (including phenoxy) is 1. The third-order valence-electron chi connectivity index (χ3n) is 5.79. The fourth-order valence-corrected chi connectivity index (χ4v) is 5.02. The van der Waals surface area contributed by atoms with Crippen molar-refractivity contribution >= 4 is 28.1 Å². The number of anilines is 1. The second-order valence-corrected chi connectivity index (χ2v) is 10.1. The molecule has 3 N–H and O–H groups in total. The van der Waals surface area contributed by atoms with E-state index >= 15 is 0 Å². The summed E-state index contributed by atoms with van der Waals surface area (Å²) in [5, 5.41) is 10.7. The van der Waals surface area contributed by atoms with Gasteiger partial charge in [0.25, 0.3) is 0 Å². The first-order chi connectivity index (χ1) is 15.3. The van der Waals surface area contributed by atoms with Gasteiger partial charge in [-0.3, -0.25) is 4.31 Å². The average Bonchev–Trinajstić information content (AvgIpc) is 2.79. The Bertz CT molecular complexity index is 1170. The van der Waals surface area contributed by atoms with Crippen molar-refractivity contribution < 1.29 is 18.3 Å². The van der Waals surface area contributed by atoms with Gasteiger partial charge >= 0.3 is 0 Å². The second kappa shape index (κ2) is 10.6. The topological polar surface area (TPSA) is 92.9 Å². The maximum Gasteiger partial charge on any atom is 0.232 e. The number of sulfonamides is 1. The highest BCUT2D eigenvalue weighted by Crippen LogP contribution is 2.43. The number of halogens is 1. The Morgan fingerprint density at radius 2 is 1.61 bits per heavy atom. The molecule has 1 aliphatic carbocycles. The molecule has 3 aromatic rings. The molecule has 0 amide bonds. The Kier molecular flexibility index (Phi) is 8.02. The van der Waals surface area contributed by atoms with Crippen LogP contribution in [0.5, 0.6) is 5.75 Å². The van der Waals surface area contributed by atoms with Crippen molar-refractivity contribution in [3.05, 3.63) is 95.1 Å². The fourth-order valence-electron chi connectivity index (χ4n) is 4.11. The van der Waals surface area contributed by atoms with Crippen LogP contribution < -0.4 is 14.8 Å². The van der Waals surface area contributed by atoms with Gasteiger partial charge in [0.2, 0.25) is 10.0 Å². The van der Waals surface area contributed by atoms with E-state index in [1.807, 2.05) is 60.7 Å². The quantitative estimate of drug-likeness (QED) is 0.525. The average molecular weight is 489 g/mol. The zero-order valence-electron chi connectivity index (χ0n) is 18.4. The number of aliphatic hydroxyl groups excluding tert-OH is 1. The lowest BCUT2D eigenvalue weighted by atomic mass is 9.85. The largest absolute Gasteiger partial charge is 0.487 e. The maximum atomic E-state index is 13.0. The Balaban J connectivity index is 0.00000306. The molecule has 0 saturated carbocycles. The standard InChI is InChI=1S/C25H28N2O4S.ClH/c1-32(29,30)27(16-18-8-4-2-5-9-18)24-20-12-14-22(26)25(28)21(20)13-15-23(24)31-17-19-10-6-3-7-11-19;/h2-11,13,15,22,25,28H,12,14,16-17,26H2,1H3;1H. The molecule has 1 aliphatic rings. The van der Waals surface area contributed by atoms with E-state index < -0.39 is 16.1 Å². The summed E-state index contributed by atoms with van der Waals surface area (Å²) in [5.74, 6) is 0.469. The lowest BCUT2D eigenvalue weighted by Gasteiger charge is -2.33. The van der Waals surface area contributed by atoms with E-state index in [9.17, 15) is 13.5 Å². The molecule has 0 saturated heterocycles. The minimum atomic E-state index is -3.65. The maximum absolute atomic E-state index is 13.0. The van der Waals surface area contributed by atoms with Crippen molar-refractivity contribution in [2.75, 3.05) is 10.6 Å². The van der Waals surface area contributed by atoms with Crippen LogP contribution in [0.15, 0.2) is 72.8 Å². The number of rotatable bonds is 7. The highest BCUT2D eigenvalue weighted by Gasteiger charge is 2.33. The summed E-state index contributed by atoms with van der Waals surface area (Å²) in [6.07, 6.45) is 1.47. The molecular weight excluding hydrogens is 460 g/mol. The van der Waals surface area contributed by atoms with Gasteiger partial charge in [0.1, 0.15) is 12.4 Å². The molecule has 0 aromatic heterocycles. The predicted octanol–water partition coefficient (Wildman–Crippen LogP) is 3.96. The van der Waals surface area contributed by atoms with Gasteiger partial charge in [-0.15, -0.1) is 12.4 Å². The Labute approximate surface area is 201 Å². The van der Waals surface area contributed by atoms with E-state index in [1.54, 1.807) is 12.1 Å². The Morgan fingerprint density at radius 1 is 1.00 bits per heavy atom. The van der Waals surface area contributed by atoms with Gasteiger partial charge in [-0.2, -0.15) is 0 Å². The number of hydrogen-bond acceptors (Lipinski definition) is 5. The lowest BCUT2D eigenvalue weighted by Crippen LogP contribution is -2.36. The van der Waals surface area contributed by atoms with Gasteiger partial charge < -0.3 is 15.6 Å². The van der Waals surface area contributed by atoms with Crippen molar-refractivity contribution in [2.45, 2.75) is 38.1 Å². The monoisotopic (exact) mass is 488 g/mol. The summed E-state index contributed by atoms with van der Waals surface area (Å²) in [4.78, 5) is 0. The van der Waals surface area contributed by atoms with Crippen molar-refractivity contribution in [2.24, 2.45) is 5.73 Å². The van der Waals surface area contributed by atoms with Gasteiger partial charge in [0.05, 0.1) is 24.6 Å². The van der Waals surface area contributed by atoms with E-state index in [2.05, 4.69) is 0 Å². The number of benzene rings is 3. The van der Waals surface area contributed by atoms with E-state index in [1.165, 1.54) is 10.6 Å². The molecule has 176 valence electrons. The Morgan fingerprint density at radius 3 is 2.21 bits per heavy atom. The van der Waals surface area contributed by atoms with Crippen LogP contribution in [0.25, 0.3) is 0 Å². The number of hydrogen-bond donors (Lipinski definition) is 2. The molecule has 0 aliphatic heterocycles. The first-order valence-electron chi connectivity index (χ1n) is 10.6. The smallest absolute Gasteiger partial charge is 0.232 e. The molecule has 4 rings (SSSR count). The van der Waals surface area contributed by atoms with Crippen LogP contribution in [0, 0.1) is 0 Å². The van der Waals surface area contributed by atoms with Gasteiger partial charge in [-0.05, 0) is 41.2 Å². The predicted molar refractivity (Wildman–Crippen MR) is 133 cm³/mol. The summed E-state index contributed by atoms with van der Waals surface area (Å²) in [5.41, 5.74) is 9.84. The van der Waals surface area contributed by atoms with E-state index in [0.29, 0.717) is 36.4 Å². The molecule has 0 spiro atoms. The fraction of sp³-hybridized carbons (Fsp3) is 0.280. The molecule has 0 fully saturated rings. The first kappa shape index (κ1) is 25.1. The molecule has 0 heterocycles. The van der Waals surface area contributed by atoms with Crippen molar-refractivity contribution in [3.8, 4) is 5.75 Å². The number of aliphatic hydroxyl groups is 1. The molecule has 0 radical (unpaired) electrons. The van der Waals surface area contributed by atoms with Crippen LogP contribution in [0.1, 0.15) is 34.8 Å². The summed E-state index contributed by atoms with van der Waals surface area (Å²) in [6.45, 7) is 0.470. The van der Waals surface area contributed by atoms with Gasteiger partial charge in [-0.1, -0.05) is 66.7 Å². The van der Waals surface area contributed by atoms with Gasteiger partial charge in [0.15, 0.2) is 0 Å². The molecule has 3 aromatic carbocycles. The molecule has 8 heteroatoms. The summed E-state index contributed by atoms with van der Waals surface area (Å²) >= 11 is 0. The third kappa shape index (κ3) is 5.68. The van der Waals surface area contributed by atoms with Gasteiger partial charge in [-0.25, -0.2) is 8.42 Å². The highest BCUT2D eigenvalue weighted by molar-refractivity contribution is 7.92. The molecule has 33 heavy (non-hydrogen) atoms. The third-order valence-corrected chi connectivity index (χ3v) is 6.90. The zero-order valence-corrected chi connectivity index (χ0v) is 20.1. The summed E-state index contributed by atoms with van der Waals surface area (Å²) < 4.78 is 33.5. The molecule has 2 unspecified atom stereocenters. The Hall–Kier alpha value is -2.58. The van der Waals surface area contributed by atoms with E-state index in [4.69, 9.17) is 10.5 Å². The van der Waals surface area contributed by atoms with Crippen molar-refractivity contribution in [3.63, 3.8) is 0 Å².